The van der Waals surface area contributed by atoms with Crippen molar-refractivity contribution in [2.75, 3.05) is 11.9 Å². The quantitative estimate of drug-likeness (QED) is 0.255. The molecule has 8 nitrogen and oxygen atoms in total. The molecule has 11 heteroatoms. The fourth-order valence-electron chi connectivity index (χ4n) is 4.28. The third-order valence-corrected chi connectivity index (χ3v) is 9.21. The predicted octanol–water partition coefficient (Wildman–Crippen LogP) is 4.84. The number of benzene rings is 3. The number of hydrogen-bond donors (Lipinski definition) is 3. The number of nitrogens with two attached hydrogens (primary N) is 1. The van der Waals surface area contributed by atoms with Crippen LogP contribution in [-0.4, -0.2) is 31.8 Å². The van der Waals surface area contributed by atoms with Gasteiger partial charge >= 0.3 is 0 Å². The molecule has 1 aromatic heterocycles. The second-order valence-electron chi connectivity index (χ2n) is 8.92. The number of halogens is 1. The molecular formula is C28H27ClN4O4S2. The van der Waals surface area contributed by atoms with Crippen molar-refractivity contribution in [2.45, 2.75) is 35.6 Å². The molecule has 0 spiro atoms. The average Bonchev–Trinajstić information content (AvgIpc) is 3.38. The van der Waals surface area contributed by atoms with Gasteiger partial charge in [-0.2, -0.15) is 0 Å². The van der Waals surface area contributed by atoms with Gasteiger partial charge < -0.3 is 16.4 Å². The van der Waals surface area contributed by atoms with Gasteiger partial charge in [-0.25, -0.2) is 13.4 Å². The first-order valence-corrected chi connectivity index (χ1v) is 14.5. The minimum Gasteiger partial charge on any atom is -0.347 e. The lowest BCUT2D eigenvalue weighted by Gasteiger charge is -2.10. The Hall–Kier alpha value is -3.57. The molecule has 0 aliphatic carbocycles. The standard InChI is InChI=1S/C28H26N4O4S2.ClH/c29-14-4-3-5-18-8-10-19(11-9-18)28-31-17-21(37-28)16-30-26(33)20-12-13-25-23(15-20)32-27(34)22-6-1-2-7-24(22)38(25,35)36;/h1-2,6-13,15,17H,3-5,14,16,29H2,(H,30,33)(H,32,34);1H. The average molecular weight is 583 g/mol. The van der Waals surface area contributed by atoms with Gasteiger partial charge in [0.1, 0.15) is 5.01 Å². The number of aryl methyl sites for hydroxylation is 1. The maximum Gasteiger partial charge on any atom is 0.257 e. The van der Waals surface area contributed by atoms with Crippen LogP contribution < -0.4 is 16.4 Å². The van der Waals surface area contributed by atoms with E-state index < -0.39 is 21.7 Å². The summed E-state index contributed by atoms with van der Waals surface area (Å²) in [7, 11) is -3.93. The maximum absolute atomic E-state index is 13.1. The van der Waals surface area contributed by atoms with Crippen molar-refractivity contribution in [3.8, 4) is 10.6 Å². The molecule has 2 amide bonds. The number of rotatable bonds is 8. The van der Waals surface area contributed by atoms with Crippen molar-refractivity contribution in [2.24, 2.45) is 5.73 Å². The molecular weight excluding hydrogens is 556 g/mol. The smallest absolute Gasteiger partial charge is 0.257 e. The maximum atomic E-state index is 13.1. The summed E-state index contributed by atoms with van der Waals surface area (Å²) >= 11 is 1.49. The summed E-state index contributed by atoms with van der Waals surface area (Å²) in [6.45, 7) is 0.969. The molecule has 39 heavy (non-hydrogen) atoms. The molecule has 0 atom stereocenters. The van der Waals surface area contributed by atoms with E-state index >= 15 is 0 Å². The number of carbonyl (C=O) groups is 2. The number of thiazole rings is 1. The van der Waals surface area contributed by atoms with Crippen molar-refractivity contribution in [1.82, 2.24) is 10.3 Å². The van der Waals surface area contributed by atoms with Crippen LogP contribution in [0.25, 0.3) is 10.6 Å². The summed E-state index contributed by atoms with van der Waals surface area (Å²) in [6.07, 6.45) is 4.81. The van der Waals surface area contributed by atoms with Gasteiger partial charge in [0, 0.05) is 22.2 Å². The molecule has 0 radical (unpaired) electrons. The number of unbranched alkanes of at least 4 members (excludes halogenated alkanes) is 1. The van der Waals surface area contributed by atoms with Crippen molar-refractivity contribution in [3.63, 3.8) is 0 Å². The first-order valence-electron chi connectivity index (χ1n) is 12.2. The van der Waals surface area contributed by atoms with Crippen LogP contribution >= 0.6 is 23.7 Å². The number of hydrogen-bond acceptors (Lipinski definition) is 7. The summed E-state index contributed by atoms with van der Waals surface area (Å²) < 4.78 is 26.3. The molecule has 1 aliphatic heterocycles. The van der Waals surface area contributed by atoms with Crippen LogP contribution in [0.5, 0.6) is 0 Å². The first kappa shape index (κ1) is 28.4. The number of fused-ring (bicyclic) bond motifs is 2. The molecule has 0 saturated carbocycles. The van der Waals surface area contributed by atoms with Crippen LogP contribution in [0.4, 0.5) is 5.69 Å². The van der Waals surface area contributed by atoms with Gasteiger partial charge in [0.25, 0.3) is 11.8 Å². The Morgan fingerprint density at radius 1 is 1.00 bits per heavy atom. The summed E-state index contributed by atoms with van der Waals surface area (Å²) in [5.74, 6) is -0.931. The minimum atomic E-state index is -3.93. The lowest BCUT2D eigenvalue weighted by atomic mass is 10.1. The van der Waals surface area contributed by atoms with Gasteiger partial charge in [-0.05, 0) is 61.7 Å². The number of aromatic nitrogens is 1. The van der Waals surface area contributed by atoms with Crippen LogP contribution in [0, 0.1) is 0 Å². The van der Waals surface area contributed by atoms with E-state index in [1.165, 1.54) is 47.2 Å². The molecule has 4 N–H and O–H groups in total. The van der Waals surface area contributed by atoms with Crippen LogP contribution in [0.3, 0.4) is 0 Å². The summed E-state index contributed by atoms with van der Waals surface area (Å²) in [5.41, 5.74) is 8.22. The third-order valence-electron chi connectivity index (χ3n) is 6.30. The van der Waals surface area contributed by atoms with Crippen molar-refractivity contribution in [3.05, 3.63) is 94.5 Å². The van der Waals surface area contributed by atoms with E-state index in [9.17, 15) is 18.0 Å². The van der Waals surface area contributed by atoms with Crippen LogP contribution in [0.1, 0.15) is 44.0 Å². The number of sulfone groups is 1. The molecule has 4 aromatic rings. The highest BCUT2D eigenvalue weighted by Crippen LogP contribution is 2.34. The van der Waals surface area contributed by atoms with Gasteiger partial charge in [0.05, 0.1) is 27.6 Å². The van der Waals surface area contributed by atoms with Crippen molar-refractivity contribution in [1.29, 1.82) is 0 Å². The Bertz CT molecular complexity index is 1620. The number of amides is 2. The Balaban J connectivity index is 0.00000353. The fourth-order valence-corrected chi connectivity index (χ4v) is 6.73. The van der Waals surface area contributed by atoms with E-state index in [0.29, 0.717) is 6.54 Å². The highest BCUT2D eigenvalue weighted by molar-refractivity contribution is 7.91. The Kier molecular flexibility index (Phi) is 8.81. The summed E-state index contributed by atoms with van der Waals surface area (Å²) in [5, 5.41) is 6.34. The lowest BCUT2D eigenvalue weighted by Crippen LogP contribution is -2.22. The monoisotopic (exact) mass is 582 g/mol. The Labute approximate surface area is 237 Å². The largest absolute Gasteiger partial charge is 0.347 e. The van der Waals surface area contributed by atoms with E-state index in [-0.39, 0.29) is 45.6 Å². The molecule has 5 rings (SSSR count). The van der Waals surface area contributed by atoms with Gasteiger partial charge in [0.15, 0.2) is 0 Å². The van der Waals surface area contributed by atoms with E-state index in [1.54, 1.807) is 18.3 Å². The second kappa shape index (κ2) is 12.1. The molecule has 3 aromatic carbocycles. The number of nitrogens with zero attached hydrogens (tertiary/aromatic N) is 1. The highest BCUT2D eigenvalue weighted by Gasteiger charge is 2.31. The zero-order valence-electron chi connectivity index (χ0n) is 20.8. The molecule has 0 fully saturated rings. The molecule has 202 valence electrons. The molecule has 0 unspecified atom stereocenters. The SMILES string of the molecule is Cl.NCCCCc1ccc(-c2ncc(CNC(=O)c3ccc4c(c3)NC(=O)c3ccccc3S4(=O)=O)s2)cc1. The van der Waals surface area contributed by atoms with Crippen LogP contribution in [0.2, 0.25) is 0 Å². The van der Waals surface area contributed by atoms with E-state index in [2.05, 4.69) is 39.9 Å². The van der Waals surface area contributed by atoms with Gasteiger partial charge in [-0.3, -0.25) is 9.59 Å². The van der Waals surface area contributed by atoms with E-state index in [1.807, 2.05) is 0 Å². The minimum absolute atomic E-state index is 0. The van der Waals surface area contributed by atoms with E-state index in [4.69, 9.17) is 5.73 Å². The summed E-state index contributed by atoms with van der Waals surface area (Å²) in [4.78, 5) is 30.8. The topological polar surface area (TPSA) is 131 Å². The normalized spacial score (nSPS) is 13.3. The summed E-state index contributed by atoms with van der Waals surface area (Å²) in [6, 6.07) is 18.5. The molecule has 1 aliphatic rings. The lowest BCUT2D eigenvalue weighted by molar-refractivity contribution is 0.0949. The van der Waals surface area contributed by atoms with Crippen LogP contribution in [0.15, 0.2) is 82.7 Å². The van der Waals surface area contributed by atoms with Gasteiger partial charge in [-0.15, -0.1) is 23.7 Å². The fraction of sp³-hybridized carbons (Fsp3) is 0.179. The zero-order chi connectivity index (χ0) is 26.7. The number of carbonyl (C=O) groups excluding carboxylic acids is 2. The number of anilines is 1. The molecule has 0 saturated heterocycles. The third kappa shape index (κ3) is 6.04. The number of nitrogens with one attached hydrogen (secondary N) is 2. The first-order chi connectivity index (χ1) is 18.4. The highest BCUT2D eigenvalue weighted by atomic mass is 35.5. The Morgan fingerprint density at radius 3 is 2.54 bits per heavy atom. The molecule has 0 bridgehead atoms. The van der Waals surface area contributed by atoms with Crippen molar-refractivity contribution >= 4 is 51.1 Å². The predicted molar refractivity (Wildman–Crippen MR) is 154 cm³/mol. The van der Waals surface area contributed by atoms with Gasteiger partial charge in [-0.1, -0.05) is 36.4 Å². The second-order valence-corrected chi connectivity index (χ2v) is 11.9. The van der Waals surface area contributed by atoms with E-state index in [0.717, 1.165) is 34.7 Å². The molecule has 2 heterocycles. The van der Waals surface area contributed by atoms with Crippen molar-refractivity contribution < 1.29 is 18.0 Å². The van der Waals surface area contributed by atoms with Crippen LogP contribution in [-0.2, 0) is 22.8 Å². The Morgan fingerprint density at radius 2 is 1.77 bits per heavy atom. The van der Waals surface area contributed by atoms with Gasteiger partial charge in [0.2, 0.25) is 9.84 Å². The zero-order valence-corrected chi connectivity index (χ0v) is 23.3.